The van der Waals surface area contributed by atoms with Crippen molar-refractivity contribution in [2.45, 2.75) is 33.1 Å². The average Bonchev–Trinajstić information content (AvgIpc) is 2.56. The molecule has 0 aliphatic rings. The molecule has 0 atom stereocenters. The van der Waals surface area contributed by atoms with E-state index in [0.717, 1.165) is 19.3 Å². The van der Waals surface area contributed by atoms with Gasteiger partial charge in [-0.1, -0.05) is 44.2 Å². The second kappa shape index (κ2) is 7.86. The van der Waals surface area contributed by atoms with Crippen molar-refractivity contribution in [3.8, 4) is 5.75 Å². The fourth-order valence-corrected chi connectivity index (χ4v) is 2.61. The van der Waals surface area contributed by atoms with Gasteiger partial charge in [-0.05, 0) is 43.0 Å². The van der Waals surface area contributed by atoms with E-state index in [1.54, 1.807) is 25.3 Å². The Hall–Kier alpha value is -2.49. The molecule has 0 saturated heterocycles. The van der Waals surface area contributed by atoms with Gasteiger partial charge in [0.1, 0.15) is 5.75 Å². The smallest absolute Gasteiger partial charge is 0.230 e. The molecular weight excluding hydrogens is 300 g/mol. The molecule has 0 aromatic heterocycles. The van der Waals surface area contributed by atoms with Crippen LogP contribution in [0, 0.1) is 5.41 Å². The molecule has 0 spiro atoms. The van der Waals surface area contributed by atoms with Gasteiger partial charge in [-0.25, -0.2) is 0 Å². The molecule has 128 valence electrons. The SMILES string of the molecule is COc1ccc(NC(=O)C(C)(C)CCCc2ccccc2)cc1N. The molecule has 1 amide bonds. The second-order valence-electron chi connectivity index (χ2n) is 6.63. The fraction of sp³-hybridized carbons (Fsp3) is 0.350. The second-order valence-corrected chi connectivity index (χ2v) is 6.63. The van der Waals surface area contributed by atoms with Crippen molar-refractivity contribution in [2.75, 3.05) is 18.2 Å². The molecule has 0 heterocycles. The minimum absolute atomic E-state index is 0.000119. The molecule has 24 heavy (non-hydrogen) atoms. The summed E-state index contributed by atoms with van der Waals surface area (Å²) in [6, 6.07) is 15.6. The summed E-state index contributed by atoms with van der Waals surface area (Å²) in [6.45, 7) is 3.94. The van der Waals surface area contributed by atoms with Crippen LogP contribution in [0.3, 0.4) is 0 Å². The molecule has 0 saturated carbocycles. The number of carbonyl (C=O) groups excluding carboxylic acids is 1. The number of nitrogens with two attached hydrogens (primary N) is 1. The van der Waals surface area contributed by atoms with Crippen LogP contribution in [0.5, 0.6) is 5.75 Å². The summed E-state index contributed by atoms with van der Waals surface area (Å²) in [5.41, 5.74) is 7.95. The summed E-state index contributed by atoms with van der Waals surface area (Å²) in [7, 11) is 1.57. The quantitative estimate of drug-likeness (QED) is 0.747. The normalized spacial score (nSPS) is 11.1. The van der Waals surface area contributed by atoms with Crippen LogP contribution in [0.1, 0.15) is 32.3 Å². The number of ether oxygens (including phenoxy) is 1. The Kier molecular flexibility index (Phi) is 5.85. The molecule has 0 aliphatic heterocycles. The number of carbonyl (C=O) groups is 1. The van der Waals surface area contributed by atoms with Crippen molar-refractivity contribution in [1.29, 1.82) is 0 Å². The first-order valence-corrected chi connectivity index (χ1v) is 8.21. The molecule has 4 heteroatoms. The maximum atomic E-state index is 12.6. The van der Waals surface area contributed by atoms with Gasteiger partial charge in [0, 0.05) is 11.1 Å². The molecule has 0 unspecified atom stereocenters. The Morgan fingerprint density at radius 3 is 2.50 bits per heavy atom. The first-order valence-electron chi connectivity index (χ1n) is 8.21. The number of aryl methyl sites for hydroxylation is 1. The van der Waals surface area contributed by atoms with E-state index in [1.807, 2.05) is 32.0 Å². The lowest BCUT2D eigenvalue weighted by Gasteiger charge is -2.24. The van der Waals surface area contributed by atoms with Crippen molar-refractivity contribution in [3.05, 3.63) is 54.1 Å². The monoisotopic (exact) mass is 326 g/mol. The summed E-state index contributed by atoms with van der Waals surface area (Å²) in [6.07, 6.45) is 2.77. The minimum Gasteiger partial charge on any atom is -0.495 e. The Morgan fingerprint density at radius 1 is 1.17 bits per heavy atom. The fourth-order valence-electron chi connectivity index (χ4n) is 2.61. The first-order chi connectivity index (χ1) is 11.4. The van der Waals surface area contributed by atoms with Crippen LogP contribution in [-0.4, -0.2) is 13.0 Å². The number of hydrogen-bond acceptors (Lipinski definition) is 3. The lowest BCUT2D eigenvalue weighted by atomic mass is 9.85. The van der Waals surface area contributed by atoms with E-state index in [4.69, 9.17) is 10.5 Å². The van der Waals surface area contributed by atoms with Gasteiger partial charge in [0.05, 0.1) is 12.8 Å². The van der Waals surface area contributed by atoms with E-state index in [1.165, 1.54) is 5.56 Å². The molecule has 2 aromatic carbocycles. The highest BCUT2D eigenvalue weighted by atomic mass is 16.5. The van der Waals surface area contributed by atoms with Crippen LogP contribution in [0.4, 0.5) is 11.4 Å². The topological polar surface area (TPSA) is 64.3 Å². The van der Waals surface area contributed by atoms with Crippen LogP contribution in [-0.2, 0) is 11.2 Å². The molecule has 3 N–H and O–H groups in total. The highest BCUT2D eigenvalue weighted by molar-refractivity contribution is 5.95. The van der Waals surface area contributed by atoms with E-state index >= 15 is 0 Å². The number of methoxy groups -OCH3 is 1. The maximum Gasteiger partial charge on any atom is 0.230 e. The predicted octanol–water partition coefficient (Wildman–Crippen LogP) is 4.27. The van der Waals surface area contributed by atoms with Gasteiger partial charge < -0.3 is 15.8 Å². The highest BCUT2D eigenvalue weighted by Crippen LogP contribution is 2.28. The summed E-state index contributed by atoms with van der Waals surface area (Å²) in [5.74, 6) is 0.607. The van der Waals surface area contributed by atoms with Crippen molar-refractivity contribution >= 4 is 17.3 Å². The van der Waals surface area contributed by atoms with E-state index < -0.39 is 5.41 Å². The zero-order valence-corrected chi connectivity index (χ0v) is 14.6. The third kappa shape index (κ3) is 4.75. The van der Waals surface area contributed by atoms with Crippen molar-refractivity contribution in [2.24, 2.45) is 5.41 Å². The molecule has 4 nitrogen and oxygen atoms in total. The third-order valence-electron chi connectivity index (χ3n) is 4.21. The highest BCUT2D eigenvalue weighted by Gasteiger charge is 2.27. The number of hydrogen-bond donors (Lipinski definition) is 2. The van der Waals surface area contributed by atoms with Gasteiger partial charge in [-0.15, -0.1) is 0 Å². The lowest BCUT2D eigenvalue weighted by Crippen LogP contribution is -2.30. The van der Waals surface area contributed by atoms with Crippen LogP contribution in [0.15, 0.2) is 48.5 Å². The first kappa shape index (κ1) is 17.9. The van der Waals surface area contributed by atoms with E-state index in [0.29, 0.717) is 17.1 Å². The van der Waals surface area contributed by atoms with Gasteiger partial charge in [0.15, 0.2) is 0 Å². The molecule has 0 radical (unpaired) electrons. The van der Waals surface area contributed by atoms with E-state index in [9.17, 15) is 4.79 Å². The van der Waals surface area contributed by atoms with Crippen molar-refractivity contribution < 1.29 is 9.53 Å². The van der Waals surface area contributed by atoms with Crippen LogP contribution in [0.25, 0.3) is 0 Å². The van der Waals surface area contributed by atoms with Crippen LogP contribution < -0.4 is 15.8 Å². The number of amides is 1. The van der Waals surface area contributed by atoms with Gasteiger partial charge in [0.25, 0.3) is 0 Å². The van der Waals surface area contributed by atoms with Crippen LogP contribution >= 0.6 is 0 Å². The minimum atomic E-state index is -0.441. The van der Waals surface area contributed by atoms with Crippen LogP contribution in [0.2, 0.25) is 0 Å². The van der Waals surface area contributed by atoms with Crippen molar-refractivity contribution in [1.82, 2.24) is 0 Å². The Balaban J connectivity index is 1.91. The molecule has 0 aliphatic carbocycles. The van der Waals surface area contributed by atoms with E-state index in [2.05, 4.69) is 17.4 Å². The lowest BCUT2D eigenvalue weighted by molar-refractivity contribution is -0.124. The van der Waals surface area contributed by atoms with Crippen molar-refractivity contribution in [3.63, 3.8) is 0 Å². The number of anilines is 2. The largest absolute Gasteiger partial charge is 0.495 e. The molecule has 2 rings (SSSR count). The number of benzene rings is 2. The maximum absolute atomic E-state index is 12.6. The van der Waals surface area contributed by atoms with Gasteiger partial charge in [-0.3, -0.25) is 4.79 Å². The number of nitrogens with one attached hydrogen (secondary N) is 1. The van der Waals surface area contributed by atoms with E-state index in [-0.39, 0.29) is 5.91 Å². The summed E-state index contributed by atoms with van der Waals surface area (Å²) in [5, 5.41) is 2.95. The predicted molar refractivity (Wildman–Crippen MR) is 99.2 cm³/mol. The summed E-state index contributed by atoms with van der Waals surface area (Å²) in [4.78, 5) is 12.6. The van der Waals surface area contributed by atoms with Gasteiger partial charge in [0.2, 0.25) is 5.91 Å². The Labute approximate surface area is 144 Å². The zero-order valence-electron chi connectivity index (χ0n) is 14.6. The Bertz CT molecular complexity index is 681. The zero-order chi connectivity index (χ0) is 17.6. The molecular formula is C20H26N2O2. The van der Waals surface area contributed by atoms with Gasteiger partial charge in [-0.2, -0.15) is 0 Å². The number of nitrogen functional groups attached to an aromatic ring is 1. The molecule has 0 fully saturated rings. The summed E-state index contributed by atoms with van der Waals surface area (Å²) < 4.78 is 5.13. The van der Waals surface area contributed by atoms with Gasteiger partial charge >= 0.3 is 0 Å². The standard InChI is InChI=1S/C20H26N2O2/c1-20(2,13-7-10-15-8-5-4-6-9-15)19(23)22-16-11-12-18(24-3)17(21)14-16/h4-6,8-9,11-12,14H,7,10,13,21H2,1-3H3,(H,22,23). The Morgan fingerprint density at radius 2 is 1.88 bits per heavy atom. The third-order valence-corrected chi connectivity index (χ3v) is 4.21. The average molecular weight is 326 g/mol. The summed E-state index contributed by atoms with van der Waals surface area (Å²) >= 11 is 0. The molecule has 2 aromatic rings. The molecule has 0 bridgehead atoms. The number of rotatable bonds is 7.